The molecule has 2 fully saturated rings. The van der Waals surface area contributed by atoms with Crippen molar-refractivity contribution in [1.29, 1.82) is 0 Å². The molecular weight excluding hydrogens is 767 g/mol. The van der Waals surface area contributed by atoms with Gasteiger partial charge in [-0.25, -0.2) is 0 Å². The van der Waals surface area contributed by atoms with Gasteiger partial charge in [0.05, 0.1) is 0 Å². The first kappa shape index (κ1) is 37.0. The van der Waals surface area contributed by atoms with E-state index < -0.39 is 21.5 Å². The molecule has 0 N–H and O–H groups in total. The molecule has 8 rings (SSSR count). The third-order valence-corrected chi connectivity index (χ3v) is 65.7. The first-order valence-electron chi connectivity index (χ1n) is 20.7. The molecule has 0 amide bonds. The Labute approximate surface area is 322 Å². The van der Waals surface area contributed by atoms with Crippen LogP contribution in [0.3, 0.4) is 0 Å². The van der Waals surface area contributed by atoms with Gasteiger partial charge in [-0.05, 0) is 0 Å². The molecule has 4 aromatic carbocycles. The Morgan fingerprint density at radius 1 is 0.558 bits per heavy atom. The molecule has 4 heteroatoms. The molecular formula is C48H57Cl2SiZr. The van der Waals surface area contributed by atoms with E-state index in [9.17, 15) is 0 Å². The van der Waals surface area contributed by atoms with E-state index in [1.165, 1.54) is 131 Å². The van der Waals surface area contributed by atoms with Gasteiger partial charge in [0.15, 0.2) is 0 Å². The van der Waals surface area contributed by atoms with Gasteiger partial charge in [0, 0.05) is 0 Å². The van der Waals surface area contributed by atoms with Crippen LogP contribution in [0.5, 0.6) is 0 Å². The van der Waals surface area contributed by atoms with Crippen LogP contribution in [0, 0.1) is 0 Å². The van der Waals surface area contributed by atoms with Crippen LogP contribution in [0.1, 0.15) is 143 Å². The van der Waals surface area contributed by atoms with Crippen LogP contribution in [0.2, 0.25) is 13.1 Å². The van der Waals surface area contributed by atoms with Crippen LogP contribution in [-0.4, -0.2) is 5.92 Å². The molecule has 0 bridgehead atoms. The molecule has 4 aromatic rings. The van der Waals surface area contributed by atoms with Crippen molar-refractivity contribution in [2.75, 3.05) is 0 Å². The predicted octanol–water partition coefficient (Wildman–Crippen LogP) is 15.5. The van der Waals surface area contributed by atoms with E-state index in [0.29, 0.717) is 11.8 Å². The summed E-state index contributed by atoms with van der Waals surface area (Å²) in [6, 6.07) is 33.0. The van der Waals surface area contributed by atoms with E-state index in [1.807, 2.05) is 0 Å². The van der Waals surface area contributed by atoms with Gasteiger partial charge < -0.3 is 0 Å². The fourth-order valence-electron chi connectivity index (χ4n) is 11.0. The summed E-state index contributed by atoms with van der Waals surface area (Å²) in [6.07, 6.45) is 20.4. The fourth-order valence-corrected chi connectivity index (χ4v) is 42.8. The van der Waals surface area contributed by atoms with Crippen molar-refractivity contribution in [2.45, 2.75) is 123 Å². The monoisotopic (exact) mass is 821 g/mol. The van der Waals surface area contributed by atoms with Crippen molar-refractivity contribution < 1.29 is 15.6 Å². The molecule has 0 heterocycles. The Hall–Kier alpha value is -1.96. The minimum absolute atomic E-state index is 0.127. The second-order valence-electron chi connectivity index (χ2n) is 16.9. The Bertz CT molecular complexity index is 1890. The Morgan fingerprint density at radius 2 is 0.962 bits per heavy atom. The van der Waals surface area contributed by atoms with E-state index in [1.54, 1.807) is 0 Å². The van der Waals surface area contributed by atoms with Gasteiger partial charge in [0.2, 0.25) is 0 Å². The third-order valence-electron chi connectivity index (χ3n) is 13.9. The van der Waals surface area contributed by atoms with Crippen molar-refractivity contribution in [2.24, 2.45) is 0 Å². The molecule has 0 saturated heterocycles. The second kappa shape index (κ2) is 14.9. The summed E-state index contributed by atoms with van der Waals surface area (Å²) in [5.74, 6) is -0.247. The molecule has 271 valence electrons. The van der Waals surface area contributed by atoms with Crippen LogP contribution in [-0.2, 0) is 15.6 Å². The summed E-state index contributed by atoms with van der Waals surface area (Å²) in [5, 5.41) is 0. The van der Waals surface area contributed by atoms with Crippen LogP contribution < -0.4 is 0 Å². The molecule has 2 unspecified atom stereocenters. The molecule has 2 atom stereocenters. The van der Waals surface area contributed by atoms with Gasteiger partial charge in [0.1, 0.15) is 0 Å². The number of fused-ring (bicyclic) bond motifs is 2. The Balaban J connectivity index is 1.24. The number of halogens is 2. The zero-order valence-electron chi connectivity index (χ0n) is 31.9. The van der Waals surface area contributed by atoms with Gasteiger partial charge >= 0.3 is 325 Å². The summed E-state index contributed by atoms with van der Waals surface area (Å²) >= 11 is -4.82. The number of hydrogen-bond acceptors (Lipinski definition) is 0. The molecule has 0 nitrogen and oxygen atoms in total. The molecule has 52 heavy (non-hydrogen) atoms. The number of allylic oxidation sites excluding steroid dienone is 2. The topological polar surface area (TPSA) is 0 Å². The van der Waals surface area contributed by atoms with Crippen molar-refractivity contribution >= 4 is 35.1 Å². The van der Waals surface area contributed by atoms with Gasteiger partial charge in [-0.15, -0.1) is 0 Å². The first-order chi connectivity index (χ1) is 25.2. The van der Waals surface area contributed by atoms with E-state index in [4.69, 9.17) is 17.0 Å². The van der Waals surface area contributed by atoms with Crippen LogP contribution in [0.4, 0.5) is 0 Å². The summed E-state index contributed by atoms with van der Waals surface area (Å²) < 4.78 is 0.254. The van der Waals surface area contributed by atoms with Crippen molar-refractivity contribution in [3.05, 3.63) is 129 Å². The van der Waals surface area contributed by atoms with Gasteiger partial charge in [-0.2, -0.15) is 0 Å². The predicted molar refractivity (Wildman–Crippen MR) is 228 cm³/mol. The molecule has 0 aliphatic heterocycles. The summed E-state index contributed by atoms with van der Waals surface area (Å²) in [5.41, 5.74) is 16.9. The first-order valence-corrected chi connectivity index (χ1v) is 37.0. The van der Waals surface area contributed by atoms with Gasteiger partial charge in [0.25, 0.3) is 0 Å². The number of benzene rings is 4. The average Bonchev–Trinajstić information content (AvgIpc) is 3.79. The number of rotatable bonds is 9. The fraction of sp³-hybridized carbons (Fsp3) is 0.417. The SMILES string of the molecule is CCC1=Cc2c(-c3cccc(C4CCCCC4)c3)cccc2[CH]1[Zr]([Cl])([Cl])([CH]1C(CC)=Cc2c(-c3cccc(C4CCCCC4)c3)cccc21)[SiH](C)C. The average molecular weight is 824 g/mol. The summed E-state index contributed by atoms with van der Waals surface area (Å²) in [6.45, 7) is 9.62. The van der Waals surface area contributed by atoms with Gasteiger partial charge in [-0.3, -0.25) is 0 Å². The maximum atomic E-state index is 8.75. The maximum absolute atomic E-state index is 8.75. The quantitative estimate of drug-likeness (QED) is 0.148. The zero-order valence-corrected chi connectivity index (χ0v) is 37.0. The molecule has 2 saturated carbocycles. The van der Waals surface area contributed by atoms with E-state index in [2.05, 4.69) is 124 Å². The zero-order chi connectivity index (χ0) is 36.1. The van der Waals surface area contributed by atoms with Crippen molar-refractivity contribution in [1.82, 2.24) is 0 Å². The number of hydrogen-bond donors (Lipinski definition) is 0. The molecule has 0 spiro atoms. The van der Waals surface area contributed by atoms with Crippen molar-refractivity contribution in [3.63, 3.8) is 0 Å². The second-order valence-corrected chi connectivity index (χ2v) is 59.4. The molecule has 0 radical (unpaired) electrons. The summed E-state index contributed by atoms with van der Waals surface area (Å²) in [4.78, 5) is 0. The van der Waals surface area contributed by atoms with E-state index >= 15 is 0 Å². The Kier molecular flexibility index (Phi) is 10.6. The van der Waals surface area contributed by atoms with Crippen LogP contribution >= 0.6 is 17.0 Å². The minimum atomic E-state index is -4.82. The normalized spacial score (nSPS) is 21.7. The molecule has 4 aliphatic carbocycles. The van der Waals surface area contributed by atoms with Crippen LogP contribution in [0.25, 0.3) is 34.4 Å². The van der Waals surface area contributed by atoms with E-state index in [-0.39, 0.29) is 7.25 Å². The molecule has 4 aliphatic rings. The molecule has 0 aromatic heterocycles. The third kappa shape index (κ3) is 6.29. The standard InChI is InChI=1S/2C23H25.C2H7Si.2ClH.Zr/c2*1-2-17-14-20-12-7-13-22(23(20)15-17)21-11-6-10-19(16-21)18-8-4-3-5-9-18;1-3-2;;;/h2*6-7,10-16,18H,2-5,8-9H2,1H3;3H,1-2H3;2*1H;/q;;;;;+2/p-2. The summed E-state index contributed by atoms with van der Waals surface area (Å²) in [7, 11) is 17.5. The van der Waals surface area contributed by atoms with Crippen molar-refractivity contribution in [3.8, 4) is 22.3 Å². The van der Waals surface area contributed by atoms with Crippen LogP contribution in [0.15, 0.2) is 96.1 Å². The Morgan fingerprint density at radius 3 is 1.35 bits per heavy atom. The van der Waals surface area contributed by atoms with E-state index in [0.717, 1.165) is 12.8 Å². The van der Waals surface area contributed by atoms with Gasteiger partial charge in [-0.1, -0.05) is 0 Å².